The van der Waals surface area contributed by atoms with Crippen molar-refractivity contribution in [3.63, 3.8) is 0 Å². The number of anilines is 2. The molecule has 5 heteroatoms. The highest BCUT2D eigenvalue weighted by Gasteiger charge is 2.00. The van der Waals surface area contributed by atoms with Gasteiger partial charge in [-0.3, -0.25) is 0 Å². The van der Waals surface area contributed by atoms with E-state index in [-0.39, 0.29) is 0 Å². The van der Waals surface area contributed by atoms with Crippen molar-refractivity contribution in [2.24, 2.45) is 5.92 Å². The molecule has 0 spiro atoms. The summed E-state index contributed by atoms with van der Waals surface area (Å²) in [6.07, 6.45) is 1.88. The highest BCUT2D eigenvalue weighted by Crippen LogP contribution is 2.08. The molecule has 102 valence electrons. The molecular formula is C13H24N4O. The lowest BCUT2D eigenvalue weighted by atomic mass is 10.1. The largest absolute Gasteiger partial charge is 0.384 e. The zero-order chi connectivity index (χ0) is 13.4. The fraction of sp³-hybridized carbons (Fsp3) is 0.692. The van der Waals surface area contributed by atoms with Crippen molar-refractivity contribution < 1.29 is 4.74 Å². The van der Waals surface area contributed by atoms with E-state index in [0.29, 0.717) is 18.3 Å². The number of nitrogens with two attached hydrogens (primary N) is 1. The minimum atomic E-state index is 0.505. The minimum absolute atomic E-state index is 0.505. The Kier molecular flexibility index (Phi) is 6.43. The average molecular weight is 252 g/mol. The molecule has 0 unspecified atom stereocenters. The summed E-state index contributed by atoms with van der Waals surface area (Å²) in [7, 11) is 0. The number of aromatic nitrogens is 2. The maximum atomic E-state index is 5.70. The Hall–Kier alpha value is -1.36. The standard InChI is InChI=1S/C13H24N4O/c1-4-12-16-11(14)9-13(17-12)15-6-8-18-7-5-10(2)3/h9-10H,4-8H2,1-3H3,(H3,14,15,16,17). The van der Waals surface area contributed by atoms with Gasteiger partial charge in [0.05, 0.1) is 6.61 Å². The van der Waals surface area contributed by atoms with E-state index in [2.05, 4.69) is 29.1 Å². The predicted octanol–water partition coefficient (Wildman–Crippen LogP) is 2.10. The second-order valence-electron chi connectivity index (χ2n) is 4.67. The fourth-order valence-electron chi connectivity index (χ4n) is 1.44. The van der Waals surface area contributed by atoms with Crippen LogP contribution < -0.4 is 11.1 Å². The Morgan fingerprint density at radius 1 is 1.33 bits per heavy atom. The van der Waals surface area contributed by atoms with Crippen molar-refractivity contribution >= 4 is 11.6 Å². The summed E-state index contributed by atoms with van der Waals surface area (Å²) in [5.41, 5.74) is 5.70. The molecule has 0 aliphatic rings. The molecule has 0 amide bonds. The van der Waals surface area contributed by atoms with Crippen LogP contribution in [0.2, 0.25) is 0 Å². The first kappa shape index (κ1) is 14.7. The topological polar surface area (TPSA) is 73.1 Å². The minimum Gasteiger partial charge on any atom is -0.384 e. The Morgan fingerprint density at radius 3 is 2.78 bits per heavy atom. The van der Waals surface area contributed by atoms with Gasteiger partial charge in [0, 0.05) is 25.6 Å². The van der Waals surface area contributed by atoms with Crippen molar-refractivity contribution in [1.82, 2.24) is 9.97 Å². The third kappa shape index (κ3) is 5.82. The monoisotopic (exact) mass is 252 g/mol. The van der Waals surface area contributed by atoms with Crippen LogP contribution in [-0.4, -0.2) is 29.7 Å². The Morgan fingerprint density at radius 2 is 2.11 bits per heavy atom. The lowest BCUT2D eigenvalue weighted by Crippen LogP contribution is -2.13. The molecule has 5 nitrogen and oxygen atoms in total. The zero-order valence-corrected chi connectivity index (χ0v) is 11.6. The molecule has 18 heavy (non-hydrogen) atoms. The second kappa shape index (κ2) is 7.87. The summed E-state index contributed by atoms with van der Waals surface area (Å²) in [6, 6.07) is 1.74. The number of nitrogens with zero attached hydrogens (tertiary/aromatic N) is 2. The first-order chi connectivity index (χ1) is 8.61. The van der Waals surface area contributed by atoms with E-state index >= 15 is 0 Å². The maximum absolute atomic E-state index is 5.70. The van der Waals surface area contributed by atoms with E-state index in [4.69, 9.17) is 10.5 Å². The molecule has 0 radical (unpaired) electrons. The van der Waals surface area contributed by atoms with Gasteiger partial charge in [-0.15, -0.1) is 0 Å². The van der Waals surface area contributed by atoms with Gasteiger partial charge in [-0.25, -0.2) is 9.97 Å². The quantitative estimate of drug-likeness (QED) is 0.693. The van der Waals surface area contributed by atoms with E-state index in [9.17, 15) is 0 Å². The van der Waals surface area contributed by atoms with Crippen LogP contribution in [0.1, 0.15) is 33.0 Å². The van der Waals surface area contributed by atoms with Gasteiger partial charge < -0.3 is 15.8 Å². The fourth-order valence-corrected chi connectivity index (χ4v) is 1.44. The van der Waals surface area contributed by atoms with Gasteiger partial charge in [0.1, 0.15) is 17.5 Å². The van der Waals surface area contributed by atoms with Crippen molar-refractivity contribution in [1.29, 1.82) is 0 Å². The molecular weight excluding hydrogens is 228 g/mol. The summed E-state index contributed by atoms with van der Waals surface area (Å²) in [4.78, 5) is 8.47. The number of nitrogen functional groups attached to an aromatic ring is 1. The Bertz CT molecular complexity index is 355. The summed E-state index contributed by atoms with van der Waals surface area (Å²) >= 11 is 0. The predicted molar refractivity (Wildman–Crippen MR) is 74.6 cm³/mol. The number of hydrogen-bond acceptors (Lipinski definition) is 5. The van der Waals surface area contributed by atoms with Crippen molar-refractivity contribution in [3.05, 3.63) is 11.9 Å². The zero-order valence-electron chi connectivity index (χ0n) is 11.6. The van der Waals surface area contributed by atoms with Gasteiger partial charge >= 0.3 is 0 Å². The summed E-state index contributed by atoms with van der Waals surface area (Å²) in [5, 5.41) is 3.19. The summed E-state index contributed by atoms with van der Waals surface area (Å²) in [6.45, 7) is 8.62. The van der Waals surface area contributed by atoms with E-state index in [0.717, 1.165) is 37.6 Å². The summed E-state index contributed by atoms with van der Waals surface area (Å²) < 4.78 is 5.52. The molecule has 0 saturated carbocycles. The van der Waals surface area contributed by atoms with Crippen LogP contribution in [-0.2, 0) is 11.2 Å². The van der Waals surface area contributed by atoms with Crippen LogP contribution in [0.5, 0.6) is 0 Å². The van der Waals surface area contributed by atoms with Crippen molar-refractivity contribution in [2.45, 2.75) is 33.6 Å². The lowest BCUT2D eigenvalue weighted by Gasteiger charge is -2.09. The maximum Gasteiger partial charge on any atom is 0.132 e. The van der Waals surface area contributed by atoms with Gasteiger partial charge in [0.15, 0.2) is 0 Å². The molecule has 0 bridgehead atoms. The first-order valence-electron chi connectivity index (χ1n) is 6.56. The third-order valence-electron chi connectivity index (χ3n) is 2.50. The van der Waals surface area contributed by atoms with Crippen LogP contribution >= 0.6 is 0 Å². The number of rotatable bonds is 8. The average Bonchev–Trinajstić information content (AvgIpc) is 2.32. The molecule has 0 fully saturated rings. The van der Waals surface area contributed by atoms with Crippen LogP contribution in [0.15, 0.2) is 6.07 Å². The molecule has 0 aromatic carbocycles. The molecule has 3 N–H and O–H groups in total. The normalized spacial score (nSPS) is 10.9. The molecule has 1 rings (SSSR count). The highest BCUT2D eigenvalue weighted by molar-refractivity contribution is 5.44. The first-order valence-corrected chi connectivity index (χ1v) is 6.56. The SMILES string of the molecule is CCc1nc(N)cc(NCCOCCC(C)C)n1. The molecule has 1 aromatic heterocycles. The highest BCUT2D eigenvalue weighted by atomic mass is 16.5. The van der Waals surface area contributed by atoms with E-state index < -0.39 is 0 Å². The van der Waals surface area contributed by atoms with Gasteiger partial charge in [0.2, 0.25) is 0 Å². The molecule has 1 heterocycles. The van der Waals surface area contributed by atoms with E-state index in [1.807, 2.05) is 6.92 Å². The van der Waals surface area contributed by atoms with Crippen LogP contribution in [0.3, 0.4) is 0 Å². The number of aryl methyl sites for hydroxylation is 1. The summed E-state index contributed by atoms with van der Waals surface area (Å²) in [5.74, 6) is 2.72. The van der Waals surface area contributed by atoms with E-state index in [1.54, 1.807) is 6.07 Å². The molecule has 0 aliphatic heterocycles. The van der Waals surface area contributed by atoms with Gasteiger partial charge in [0.25, 0.3) is 0 Å². The van der Waals surface area contributed by atoms with Crippen LogP contribution in [0.25, 0.3) is 0 Å². The van der Waals surface area contributed by atoms with Crippen LogP contribution in [0, 0.1) is 5.92 Å². The molecule has 0 saturated heterocycles. The van der Waals surface area contributed by atoms with Gasteiger partial charge in [-0.2, -0.15) is 0 Å². The van der Waals surface area contributed by atoms with Crippen molar-refractivity contribution in [3.8, 4) is 0 Å². The van der Waals surface area contributed by atoms with Gasteiger partial charge in [-0.05, 0) is 12.3 Å². The Balaban J connectivity index is 2.24. The molecule has 1 aromatic rings. The van der Waals surface area contributed by atoms with E-state index in [1.165, 1.54) is 0 Å². The van der Waals surface area contributed by atoms with Crippen molar-refractivity contribution in [2.75, 3.05) is 30.8 Å². The molecule has 0 aliphatic carbocycles. The molecule has 0 atom stereocenters. The number of ether oxygens (including phenoxy) is 1. The number of nitrogens with one attached hydrogen (secondary N) is 1. The number of hydrogen-bond donors (Lipinski definition) is 2. The smallest absolute Gasteiger partial charge is 0.132 e. The third-order valence-corrected chi connectivity index (χ3v) is 2.50. The second-order valence-corrected chi connectivity index (χ2v) is 4.67. The Labute approximate surface area is 109 Å². The lowest BCUT2D eigenvalue weighted by molar-refractivity contribution is 0.132. The van der Waals surface area contributed by atoms with Gasteiger partial charge in [-0.1, -0.05) is 20.8 Å². The van der Waals surface area contributed by atoms with Crippen LogP contribution in [0.4, 0.5) is 11.6 Å².